The molecule has 1 heterocycles. The lowest BCUT2D eigenvalue weighted by Crippen LogP contribution is -2.45. The second-order valence-corrected chi connectivity index (χ2v) is 7.06. The number of hydrogen-bond donors (Lipinski definition) is 2. The average Bonchev–Trinajstić information content (AvgIpc) is 3.30. The van der Waals surface area contributed by atoms with Crippen molar-refractivity contribution in [2.45, 2.75) is 64.8 Å². The minimum Gasteiger partial charge on any atom is -0.466 e. The maximum Gasteiger partial charge on any atom is 0.305 e. The Morgan fingerprint density at radius 3 is 2.59 bits per heavy atom. The van der Waals surface area contributed by atoms with Crippen molar-refractivity contribution in [2.24, 2.45) is 10.9 Å². The van der Waals surface area contributed by atoms with E-state index in [4.69, 9.17) is 4.74 Å². The Morgan fingerprint density at radius 1 is 1.19 bits per heavy atom. The van der Waals surface area contributed by atoms with Crippen molar-refractivity contribution < 1.29 is 14.3 Å². The summed E-state index contributed by atoms with van der Waals surface area (Å²) in [7, 11) is 0. The van der Waals surface area contributed by atoms with E-state index >= 15 is 0 Å². The Hall–Kier alpha value is -1.06. The first-order chi connectivity index (χ1) is 12.6. The standard InChI is InChI=1S/C19H34N4O3.HI/c1-3-20-19(21-12-7-10-17(24)26-4-2)22-16-11-13-23(14-16)18(25)15-8-5-6-9-15;/h15-16H,3-14H2,1-2H3,(H2,20,21,22);1H. The fourth-order valence-electron chi connectivity index (χ4n) is 3.67. The van der Waals surface area contributed by atoms with E-state index in [1.54, 1.807) is 0 Å². The SMILES string of the molecule is CCNC(=NCCCC(=O)OCC)NC1CCN(C(=O)C2CCCC2)C1.I. The number of likely N-dealkylation sites (tertiary alicyclic amines) is 1. The molecular weight excluding hydrogens is 459 g/mol. The molecule has 2 N–H and O–H groups in total. The van der Waals surface area contributed by atoms with Crippen molar-refractivity contribution in [3.63, 3.8) is 0 Å². The first kappa shape index (κ1) is 24.0. The van der Waals surface area contributed by atoms with Gasteiger partial charge in [0.2, 0.25) is 5.91 Å². The lowest BCUT2D eigenvalue weighted by atomic mass is 10.1. The fourth-order valence-corrected chi connectivity index (χ4v) is 3.67. The van der Waals surface area contributed by atoms with E-state index in [1.165, 1.54) is 12.8 Å². The first-order valence-corrected chi connectivity index (χ1v) is 10.1. The summed E-state index contributed by atoms with van der Waals surface area (Å²) in [4.78, 5) is 30.5. The summed E-state index contributed by atoms with van der Waals surface area (Å²) >= 11 is 0. The number of esters is 1. The van der Waals surface area contributed by atoms with Gasteiger partial charge in [0.05, 0.1) is 6.61 Å². The van der Waals surface area contributed by atoms with Crippen molar-refractivity contribution in [3.05, 3.63) is 0 Å². The molecule has 0 spiro atoms. The Balaban J connectivity index is 0.00000364. The topological polar surface area (TPSA) is 83.0 Å². The molecule has 2 fully saturated rings. The van der Waals surface area contributed by atoms with Gasteiger partial charge < -0.3 is 20.3 Å². The van der Waals surface area contributed by atoms with Crippen LogP contribution in [0, 0.1) is 5.92 Å². The molecule has 1 unspecified atom stereocenters. The van der Waals surface area contributed by atoms with Gasteiger partial charge in [0.1, 0.15) is 0 Å². The third-order valence-electron chi connectivity index (χ3n) is 5.00. The summed E-state index contributed by atoms with van der Waals surface area (Å²) < 4.78 is 4.92. The molecule has 27 heavy (non-hydrogen) atoms. The van der Waals surface area contributed by atoms with Crippen molar-refractivity contribution in [1.29, 1.82) is 0 Å². The Morgan fingerprint density at radius 2 is 1.93 bits per heavy atom. The zero-order chi connectivity index (χ0) is 18.8. The summed E-state index contributed by atoms with van der Waals surface area (Å²) in [5.74, 6) is 1.18. The van der Waals surface area contributed by atoms with Crippen LogP contribution in [0.1, 0.15) is 58.8 Å². The fraction of sp³-hybridized carbons (Fsp3) is 0.842. The molecule has 0 aromatic heterocycles. The molecule has 1 saturated carbocycles. The Labute approximate surface area is 180 Å². The highest BCUT2D eigenvalue weighted by atomic mass is 127. The largest absolute Gasteiger partial charge is 0.466 e. The molecule has 0 aromatic carbocycles. The lowest BCUT2D eigenvalue weighted by Gasteiger charge is -2.21. The average molecular weight is 494 g/mol. The van der Waals surface area contributed by atoms with Gasteiger partial charge in [-0.25, -0.2) is 0 Å². The second kappa shape index (κ2) is 13.2. The van der Waals surface area contributed by atoms with Gasteiger partial charge in [0, 0.05) is 44.6 Å². The molecule has 0 aromatic rings. The molecule has 1 amide bonds. The predicted octanol–water partition coefficient (Wildman–Crippen LogP) is 2.29. The van der Waals surface area contributed by atoms with Crippen LogP contribution >= 0.6 is 24.0 Å². The number of guanidine groups is 1. The molecule has 1 atom stereocenters. The summed E-state index contributed by atoms with van der Waals surface area (Å²) in [5.41, 5.74) is 0. The first-order valence-electron chi connectivity index (χ1n) is 10.1. The molecule has 156 valence electrons. The summed E-state index contributed by atoms with van der Waals surface area (Å²) in [6.07, 6.45) is 6.50. The highest BCUT2D eigenvalue weighted by molar-refractivity contribution is 14.0. The van der Waals surface area contributed by atoms with Crippen molar-refractivity contribution >= 4 is 41.8 Å². The number of aliphatic imine (C=N–C) groups is 1. The Bertz CT molecular complexity index is 495. The zero-order valence-corrected chi connectivity index (χ0v) is 19.0. The molecule has 2 aliphatic rings. The summed E-state index contributed by atoms with van der Waals surface area (Å²) in [5, 5.41) is 6.68. The van der Waals surface area contributed by atoms with Crippen molar-refractivity contribution in [3.8, 4) is 0 Å². The van der Waals surface area contributed by atoms with Crippen LogP contribution in [0.15, 0.2) is 4.99 Å². The molecule has 7 nitrogen and oxygen atoms in total. The van der Waals surface area contributed by atoms with Crippen LogP contribution in [0.2, 0.25) is 0 Å². The third kappa shape index (κ3) is 8.23. The maximum atomic E-state index is 12.5. The van der Waals surface area contributed by atoms with E-state index in [2.05, 4.69) is 15.6 Å². The summed E-state index contributed by atoms with van der Waals surface area (Å²) in [6.45, 7) is 7.20. The van der Waals surface area contributed by atoms with Crippen molar-refractivity contribution in [1.82, 2.24) is 15.5 Å². The third-order valence-corrected chi connectivity index (χ3v) is 5.00. The van der Waals surface area contributed by atoms with Crippen LogP contribution in [-0.4, -0.2) is 61.6 Å². The van der Waals surface area contributed by atoms with Gasteiger partial charge in [-0.05, 0) is 39.5 Å². The number of ether oxygens (including phenoxy) is 1. The van der Waals surface area contributed by atoms with Gasteiger partial charge in [0.15, 0.2) is 5.96 Å². The quantitative estimate of drug-likeness (QED) is 0.178. The van der Waals surface area contributed by atoms with Gasteiger partial charge in [0.25, 0.3) is 0 Å². The van der Waals surface area contributed by atoms with Crippen LogP contribution in [0.3, 0.4) is 0 Å². The highest BCUT2D eigenvalue weighted by Crippen LogP contribution is 2.27. The van der Waals surface area contributed by atoms with E-state index < -0.39 is 0 Å². The normalized spacial score (nSPS) is 20.3. The number of hydrogen-bond acceptors (Lipinski definition) is 4. The number of rotatable bonds is 8. The van der Waals surface area contributed by atoms with E-state index in [0.29, 0.717) is 31.9 Å². The molecule has 1 aliphatic heterocycles. The summed E-state index contributed by atoms with van der Waals surface area (Å²) in [6, 6.07) is 0.239. The number of carbonyl (C=O) groups is 2. The second-order valence-electron chi connectivity index (χ2n) is 7.06. The van der Waals surface area contributed by atoms with E-state index in [-0.39, 0.29) is 41.9 Å². The van der Waals surface area contributed by atoms with Gasteiger partial charge in [-0.3, -0.25) is 14.6 Å². The maximum absolute atomic E-state index is 12.5. The number of nitrogens with one attached hydrogen (secondary N) is 2. The molecule has 0 radical (unpaired) electrons. The van der Waals surface area contributed by atoms with E-state index in [9.17, 15) is 9.59 Å². The zero-order valence-electron chi connectivity index (χ0n) is 16.7. The Kier molecular flexibility index (Phi) is 11.7. The van der Waals surface area contributed by atoms with E-state index in [0.717, 1.165) is 44.9 Å². The number of amides is 1. The van der Waals surface area contributed by atoms with Crippen LogP contribution in [-0.2, 0) is 14.3 Å². The molecule has 0 bridgehead atoms. The predicted molar refractivity (Wildman–Crippen MR) is 117 cm³/mol. The number of carbonyl (C=O) groups excluding carboxylic acids is 2. The minimum atomic E-state index is -0.169. The van der Waals surface area contributed by atoms with Gasteiger partial charge in [-0.15, -0.1) is 24.0 Å². The molecule has 2 rings (SSSR count). The van der Waals surface area contributed by atoms with Gasteiger partial charge >= 0.3 is 5.97 Å². The van der Waals surface area contributed by atoms with Crippen LogP contribution in [0.4, 0.5) is 0 Å². The van der Waals surface area contributed by atoms with Crippen molar-refractivity contribution in [2.75, 3.05) is 32.8 Å². The highest BCUT2D eigenvalue weighted by Gasteiger charge is 2.32. The van der Waals surface area contributed by atoms with Crippen LogP contribution in [0.25, 0.3) is 0 Å². The van der Waals surface area contributed by atoms with Crippen LogP contribution < -0.4 is 10.6 Å². The van der Waals surface area contributed by atoms with Gasteiger partial charge in [-0.2, -0.15) is 0 Å². The number of nitrogens with zero attached hydrogens (tertiary/aromatic N) is 2. The lowest BCUT2D eigenvalue weighted by molar-refractivity contribution is -0.143. The molecule has 1 saturated heterocycles. The molecule has 8 heteroatoms. The minimum absolute atomic E-state index is 0. The molecular formula is C19H35IN4O3. The van der Waals surface area contributed by atoms with Gasteiger partial charge in [-0.1, -0.05) is 12.8 Å². The number of halogens is 1. The van der Waals surface area contributed by atoms with E-state index in [1.807, 2.05) is 18.7 Å². The van der Waals surface area contributed by atoms with Crippen LogP contribution in [0.5, 0.6) is 0 Å². The molecule has 1 aliphatic carbocycles. The smallest absolute Gasteiger partial charge is 0.305 e. The monoisotopic (exact) mass is 494 g/mol.